The van der Waals surface area contributed by atoms with Crippen LogP contribution in [0, 0.1) is 0 Å². The first-order valence-electron chi connectivity index (χ1n) is 4.53. The molecule has 0 N–H and O–H groups in total. The van der Waals surface area contributed by atoms with Gasteiger partial charge in [0.25, 0.3) is 0 Å². The van der Waals surface area contributed by atoms with E-state index in [0.29, 0.717) is 6.04 Å². The van der Waals surface area contributed by atoms with E-state index >= 15 is 0 Å². The molecule has 3 nitrogen and oxygen atoms in total. The topological polar surface area (TPSA) is 23.6 Å². The van der Waals surface area contributed by atoms with E-state index in [1.54, 1.807) is 6.92 Å². The van der Waals surface area contributed by atoms with E-state index in [1.807, 2.05) is 11.9 Å². The van der Waals surface area contributed by atoms with Crippen molar-refractivity contribution < 1.29 is 4.79 Å². The summed E-state index contributed by atoms with van der Waals surface area (Å²) in [6.45, 7) is 3.86. The van der Waals surface area contributed by atoms with Gasteiger partial charge in [0.1, 0.15) is 0 Å². The fourth-order valence-electron chi connectivity index (χ4n) is 1.64. The van der Waals surface area contributed by atoms with Crippen molar-refractivity contribution in [2.45, 2.75) is 25.8 Å². The summed E-state index contributed by atoms with van der Waals surface area (Å²) in [5.74, 6) is 0.185. The number of hydrogen-bond acceptors (Lipinski definition) is 2. The Balaban J connectivity index is 2.39. The quantitative estimate of drug-likeness (QED) is 0.574. The monoisotopic (exact) mass is 170 g/mol. The Kier molecular flexibility index (Phi) is 3.09. The lowest BCUT2D eigenvalue weighted by Gasteiger charge is -2.34. The van der Waals surface area contributed by atoms with Crippen molar-refractivity contribution in [3.05, 3.63) is 0 Å². The Hall–Kier alpha value is -0.570. The lowest BCUT2D eigenvalue weighted by molar-refractivity contribution is -0.130. The van der Waals surface area contributed by atoms with E-state index in [2.05, 4.69) is 11.9 Å². The van der Waals surface area contributed by atoms with Gasteiger partial charge in [-0.25, -0.2) is 0 Å². The Morgan fingerprint density at radius 1 is 1.42 bits per heavy atom. The standard InChI is InChI=1S/C9H18N2O/c1-8(12)11(3)9-4-6-10(2)7-5-9/h9H,4-7H2,1-3H3. The van der Waals surface area contributed by atoms with Gasteiger partial charge in [0.2, 0.25) is 5.91 Å². The van der Waals surface area contributed by atoms with Crippen molar-refractivity contribution in [1.29, 1.82) is 0 Å². The van der Waals surface area contributed by atoms with Gasteiger partial charge < -0.3 is 9.80 Å². The normalized spacial score (nSPS) is 20.9. The van der Waals surface area contributed by atoms with Gasteiger partial charge in [0, 0.05) is 20.0 Å². The predicted octanol–water partition coefficient (Wildman–Crippen LogP) is 0.559. The number of nitrogens with zero attached hydrogens (tertiary/aromatic N) is 2. The van der Waals surface area contributed by atoms with Gasteiger partial charge >= 0.3 is 0 Å². The Labute approximate surface area is 74.3 Å². The third-order valence-electron chi connectivity index (χ3n) is 2.73. The first-order valence-corrected chi connectivity index (χ1v) is 4.53. The van der Waals surface area contributed by atoms with Crippen LogP contribution in [0.2, 0.25) is 0 Å². The minimum Gasteiger partial charge on any atom is -0.343 e. The zero-order valence-electron chi connectivity index (χ0n) is 8.21. The summed E-state index contributed by atoms with van der Waals surface area (Å²) in [7, 11) is 4.03. The molecule has 0 aliphatic carbocycles. The summed E-state index contributed by atoms with van der Waals surface area (Å²) in [5, 5.41) is 0. The highest BCUT2D eigenvalue weighted by Crippen LogP contribution is 2.13. The van der Waals surface area contributed by atoms with Crippen molar-refractivity contribution >= 4 is 5.91 Å². The lowest BCUT2D eigenvalue weighted by atomic mass is 10.0. The summed E-state index contributed by atoms with van der Waals surface area (Å²) in [6, 6.07) is 0.471. The van der Waals surface area contributed by atoms with Gasteiger partial charge in [0.15, 0.2) is 0 Å². The molecule has 1 saturated heterocycles. The van der Waals surface area contributed by atoms with Crippen molar-refractivity contribution in [3.8, 4) is 0 Å². The van der Waals surface area contributed by atoms with E-state index in [4.69, 9.17) is 0 Å². The molecule has 0 atom stereocenters. The highest BCUT2D eigenvalue weighted by Gasteiger charge is 2.21. The van der Waals surface area contributed by atoms with Crippen LogP contribution in [0.4, 0.5) is 0 Å². The minimum atomic E-state index is 0.185. The molecule has 12 heavy (non-hydrogen) atoms. The SMILES string of the molecule is CC(=O)N(C)C1CCN(C)CC1. The number of hydrogen-bond donors (Lipinski definition) is 0. The number of carbonyl (C=O) groups is 1. The molecule has 0 saturated carbocycles. The lowest BCUT2D eigenvalue weighted by Crippen LogP contribution is -2.43. The molecule has 0 bridgehead atoms. The third kappa shape index (κ3) is 2.21. The van der Waals surface area contributed by atoms with Gasteiger partial charge in [-0.3, -0.25) is 4.79 Å². The molecule has 0 radical (unpaired) electrons. The number of piperidine rings is 1. The van der Waals surface area contributed by atoms with Crippen LogP contribution >= 0.6 is 0 Å². The zero-order valence-corrected chi connectivity index (χ0v) is 8.21. The first kappa shape index (κ1) is 9.52. The van der Waals surface area contributed by atoms with E-state index in [-0.39, 0.29) is 5.91 Å². The van der Waals surface area contributed by atoms with Crippen LogP contribution in [0.5, 0.6) is 0 Å². The summed E-state index contributed by atoms with van der Waals surface area (Å²) in [6.07, 6.45) is 2.24. The van der Waals surface area contributed by atoms with Crippen molar-refractivity contribution in [3.63, 3.8) is 0 Å². The van der Waals surface area contributed by atoms with Crippen molar-refractivity contribution in [1.82, 2.24) is 9.80 Å². The maximum absolute atomic E-state index is 11.0. The van der Waals surface area contributed by atoms with Crippen LogP contribution in [0.1, 0.15) is 19.8 Å². The minimum absolute atomic E-state index is 0.185. The molecule has 3 heteroatoms. The molecule has 0 unspecified atom stereocenters. The van der Waals surface area contributed by atoms with E-state index in [9.17, 15) is 4.79 Å². The molecular weight excluding hydrogens is 152 g/mol. The molecule has 0 aromatic carbocycles. The molecular formula is C9H18N2O. The highest BCUT2D eigenvalue weighted by atomic mass is 16.2. The third-order valence-corrected chi connectivity index (χ3v) is 2.73. The Morgan fingerprint density at radius 2 is 1.92 bits per heavy atom. The largest absolute Gasteiger partial charge is 0.343 e. The van der Waals surface area contributed by atoms with Gasteiger partial charge in [0.05, 0.1) is 0 Å². The molecule has 1 rings (SSSR count). The van der Waals surface area contributed by atoms with E-state index < -0.39 is 0 Å². The second kappa shape index (κ2) is 3.90. The zero-order chi connectivity index (χ0) is 9.14. The Bertz CT molecular complexity index is 162. The predicted molar refractivity (Wildman–Crippen MR) is 49.0 cm³/mol. The Morgan fingerprint density at radius 3 is 2.33 bits per heavy atom. The smallest absolute Gasteiger partial charge is 0.219 e. The molecule has 70 valence electrons. The van der Waals surface area contributed by atoms with Gasteiger partial charge in [-0.2, -0.15) is 0 Å². The molecule has 1 aliphatic heterocycles. The van der Waals surface area contributed by atoms with Crippen LogP contribution in [0.15, 0.2) is 0 Å². The highest BCUT2D eigenvalue weighted by molar-refractivity contribution is 5.73. The maximum Gasteiger partial charge on any atom is 0.219 e. The van der Waals surface area contributed by atoms with Crippen molar-refractivity contribution in [2.75, 3.05) is 27.2 Å². The van der Waals surface area contributed by atoms with Crippen LogP contribution in [-0.4, -0.2) is 48.9 Å². The van der Waals surface area contributed by atoms with Gasteiger partial charge in [-0.05, 0) is 33.0 Å². The summed E-state index contributed by atoms with van der Waals surface area (Å²) < 4.78 is 0. The van der Waals surface area contributed by atoms with Crippen LogP contribution in [0.25, 0.3) is 0 Å². The van der Waals surface area contributed by atoms with Crippen LogP contribution in [-0.2, 0) is 4.79 Å². The number of likely N-dealkylation sites (tertiary alicyclic amines) is 1. The fraction of sp³-hybridized carbons (Fsp3) is 0.889. The number of amides is 1. The van der Waals surface area contributed by atoms with Gasteiger partial charge in [-0.1, -0.05) is 0 Å². The molecule has 1 fully saturated rings. The molecule has 1 amide bonds. The second-order valence-corrected chi connectivity index (χ2v) is 3.66. The molecule has 0 aromatic rings. The van der Waals surface area contributed by atoms with Gasteiger partial charge in [-0.15, -0.1) is 0 Å². The second-order valence-electron chi connectivity index (χ2n) is 3.66. The van der Waals surface area contributed by atoms with E-state index in [0.717, 1.165) is 25.9 Å². The molecule has 0 aromatic heterocycles. The average molecular weight is 170 g/mol. The summed E-state index contributed by atoms with van der Waals surface area (Å²) >= 11 is 0. The summed E-state index contributed by atoms with van der Waals surface area (Å²) in [4.78, 5) is 15.2. The molecule has 0 spiro atoms. The summed E-state index contributed by atoms with van der Waals surface area (Å²) in [5.41, 5.74) is 0. The maximum atomic E-state index is 11.0. The average Bonchev–Trinajstić information content (AvgIpc) is 2.04. The first-order chi connectivity index (χ1) is 5.61. The van der Waals surface area contributed by atoms with Crippen molar-refractivity contribution in [2.24, 2.45) is 0 Å². The number of rotatable bonds is 1. The molecule has 1 heterocycles. The molecule has 1 aliphatic rings. The fourth-order valence-corrected chi connectivity index (χ4v) is 1.64. The van der Waals surface area contributed by atoms with Crippen LogP contribution in [0.3, 0.4) is 0 Å². The van der Waals surface area contributed by atoms with E-state index in [1.165, 1.54) is 0 Å². The number of carbonyl (C=O) groups excluding carboxylic acids is 1. The van der Waals surface area contributed by atoms with Crippen LogP contribution < -0.4 is 0 Å².